The van der Waals surface area contributed by atoms with Gasteiger partial charge in [0.1, 0.15) is 0 Å². The summed E-state index contributed by atoms with van der Waals surface area (Å²) in [7, 11) is 0. The van der Waals surface area contributed by atoms with Gasteiger partial charge in [-0.1, -0.05) is 0 Å². The molecule has 0 fully saturated rings. The molecule has 0 heterocycles. The summed E-state index contributed by atoms with van der Waals surface area (Å²) in [5, 5.41) is 0. The molecule has 8 N–H and O–H groups in total. The van der Waals surface area contributed by atoms with Crippen molar-refractivity contribution in [1.82, 2.24) is 0 Å². The van der Waals surface area contributed by atoms with Crippen LogP contribution in [0.15, 0.2) is 0 Å². The van der Waals surface area contributed by atoms with Gasteiger partial charge in [-0.3, -0.25) is 0 Å². The van der Waals surface area contributed by atoms with Crippen molar-refractivity contribution in [3.63, 3.8) is 0 Å². The average Bonchev–Trinajstić information content (AvgIpc) is 0. The molecule has 0 bridgehead atoms. The van der Waals surface area contributed by atoms with Gasteiger partial charge in [0.2, 0.25) is 0 Å². The van der Waals surface area contributed by atoms with E-state index in [1.54, 1.807) is 0 Å². The Morgan fingerprint density at radius 1 is 0.500 bits per heavy atom. The molecule has 1 radical (unpaired) electrons. The molecule has 0 aliphatic heterocycles. The van der Waals surface area contributed by atoms with Crippen molar-refractivity contribution in [3.8, 4) is 0 Å². The molecule has 0 saturated heterocycles. The summed E-state index contributed by atoms with van der Waals surface area (Å²) in [4.78, 5) is 0. The maximum absolute atomic E-state index is 0. The first-order valence-corrected chi connectivity index (χ1v) is 0. The molecule has 6 heavy (non-hydrogen) atoms. The summed E-state index contributed by atoms with van der Waals surface area (Å²) < 4.78 is 0. The van der Waals surface area contributed by atoms with Crippen LogP contribution < -0.4 is 0 Å². The molecule has 0 aromatic rings. The third-order valence-electron chi connectivity index (χ3n) is 0. The molecular formula is H8CuMoO4. The van der Waals surface area contributed by atoms with E-state index in [9.17, 15) is 0 Å². The molecule has 0 amide bonds. The van der Waals surface area contributed by atoms with Crippen molar-refractivity contribution in [2.24, 2.45) is 0 Å². The van der Waals surface area contributed by atoms with Crippen LogP contribution in [0.25, 0.3) is 0 Å². The molecule has 0 rings (SSSR count). The van der Waals surface area contributed by atoms with Gasteiger partial charge in [0, 0.05) is 38.1 Å². The van der Waals surface area contributed by atoms with Crippen LogP contribution in [0.5, 0.6) is 0 Å². The van der Waals surface area contributed by atoms with Crippen LogP contribution in [0.4, 0.5) is 0 Å². The van der Waals surface area contributed by atoms with E-state index in [1.165, 1.54) is 0 Å². The van der Waals surface area contributed by atoms with Crippen LogP contribution in [0.2, 0.25) is 0 Å². The van der Waals surface area contributed by atoms with E-state index in [0.717, 1.165) is 0 Å². The van der Waals surface area contributed by atoms with Crippen molar-refractivity contribution in [2.45, 2.75) is 0 Å². The van der Waals surface area contributed by atoms with Gasteiger partial charge in [0.15, 0.2) is 0 Å². The minimum atomic E-state index is 0. The first kappa shape index (κ1) is 235. The number of rotatable bonds is 0. The van der Waals surface area contributed by atoms with E-state index in [1.807, 2.05) is 0 Å². The van der Waals surface area contributed by atoms with Gasteiger partial charge in [-0.05, 0) is 0 Å². The number of hydrogen-bond donors (Lipinski definition) is 0. The average molecular weight is 232 g/mol. The molecule has 49 valence electrons. The second kappa shape index (κ2) is 140. The molecule has 4 nitrogen and oxygen atoms in total. The molecule has 0 spiro atoms. The fourth-order valence-corrected chi connectivity index (χ4v) is 0. The predicted molar refractivity (Wildman–Crippen MR) is 14.5 cm³/mol. The smallest absolute Gasteiger partial charge is 0 e. The van der Waals surface area contributed by atoms with Gasteiger partial charge in [0.05, 0.1) is 0 Å². The Balaban J connectivity index is 0. The van der Waals surface area contributed by atoms with E-state index in [0.29, 0.717) is 0 Å². The largest absolute Gasteiger partial charge is 0.412 e. The quantitative estimate of drug-likeness (QED) is 0.387. The first-order valence-electron chi connectivity index (χ1n) is 0. The molecule has 0 aromatic heterocycles. The summed E-state index contributed by atoms with van der Waals surface area (Å²) in [5.41, 5.74) is 0. The fraction of sp³-hybridized carbons (Fsp3) is 0. The molecule has 6 heteroatoms. The second-order valence-corrected chi connectivity index (χ2v) is 0. The first-order chi connectivity index (χ1) is 0. The SMILES string of the molecule is O.O.O.O.[Cu].[Mo]. The van der Waals surface area contributed by atoms with Gasteiger partial charge < -0.3 is 21.9 Å². The summed E-state index contributed by atoms with van der Waals surface area (Å²) in [6.07, 6.45) is 0. The third-order valence-corrected chi connectivity index (χ3v) is 0. The Morgan fingerprint density at radius 3 is 0.500 bits per heavy atom. The predicted octanol–water partition coefficient (Wildman–Crippen LogP) is -3.30. The fourth-order valence-electron chi connectivity index (χ4n) is 0. The summed E-state index contributed by atoms with van der Waals surface area (Å²) >= 11 is 0. The Kier molecular flexibility index (Phi) is 5490. The monoisotopic (exact) mass is 233 g/mol. The minimum Gasteiger partial charge on any atom is -0.412 e. The summed E-state index contributed by atoms with van der Waals surface area (Å²) in [6.45, 7) is 0. The molecular weight excluding hydrogens is 223 g/mol. The molecule has 0 aliphatic carbocycles. The molecule has 0 atom stereocenters. The molecule has 0 aromatic carbocycles. The minimum absolute atomic E-state index is 0. The van der Waals surface area contributed by atoms with E-state index in [-0.39, 0.29) is 60.0 Å². The standard InChI is InChI=1S/Cu.Mo.4H2O/h;;4*1H2. The van der Waals surface area contributed by atoms with E-state index < -0.39 is 0 Å². The summed E-state index contributed by atoms with van der Waals surface area (Å²) in [6, 6.07) is 0. The Hall–Kier alpha value is 1.05. The van der Waals surface area contributed by atoms with Crippen LogP contribution >= 0.6 is 0 Å². The zero-order valence-corrected chi connectivity index (χ0v) is 5.66. The van der Waals surface area contributed by atoms with Gasteiger partial charge >= 0.3 is 0 Å². The molecule has 0 saturated carbocycles. The zero-order valence-electron chi connectivity index (χ0n) is 2.71. The zero-order chi connectivity index (χ0) is 0. The Labute approximate surface area is 60.3 Å². The van der Waals surface area contributed by atoms with Crippen LogP contribution in [0.3, 0.4) is 0 Å². The van der Waals surface area contributed by atoms with Crippen molar-refractivity contribution >= 4 is 0 Å². The van der Waals surface area contributed by atoms with Crippen LogP contribution in [-0.2, 0) is 38.1 Å². The van der Waals surface area contributed by atoms with Gasteiger partial charge in [0.25, 0.3) is 0 Å². The second-order valence-electron chi connectivity index (χ2n) is 0. The van der Waals surface area contributed by atoms with Crippen LogP contribution in [0.1, 0.15) is 0 Å². The van der Waals surface area contributed by atoms with Crippen LogP contribution in [0, 0.1) is 0 Å². The van der Waals surface area contributed by atoms with E-state index in [4.69, 9.17) is 0 Å². The van der Waals surface area contributed by atoms with Gasteiger partial charge in [-0.15, -0.1) is 0 Å². The molecule has 0 aliphatic rings. The molecule has 0 unspecified atom stereocenters. The third kappa shape index (κ3) is 75.3. The maximum atomic E-state index is 0. The maximum Gasteiger partial charge on any atom is 0 e. The van der Waals surface area contributed by atoms with Gasteiger partial charge in [-0.2, -0.15) is 0 Å². The van der Waals surface area contributed by atoms with Crippen LogP contribution in [-0.4, -0.2) is 21.9 Å². The van der Waals surface area contributed by atoms with Crippen molar-refractivity contribution in [3.05, 3.63) is 0 Å². The summed E-state index contributed by atoms with van der Waals surface area (Å²) in [5.74, 6) is 0. The topological polar surface area (TPSA) is 126 Å². The van der Waals surface area contributed by atoms with Crippen molar-refractivity contribution in [2.75, 3.05) is 0 Å². The Bertz CT molecular complexity index is 7.51. The number of hydrogen-bond acceptors (Lipinski definition) is 0. The van der Waals surface area contributed by atoms with E-state index in [2.05, 4.69) is 0 Å². The Morgan fingerprint density at radius 2 is 0.500 bits per heavy atom. The van der Waals surface area contributed by atoms with Crippen molar-refractivity contribution < 1.29 is 60.0 Å². The van der Waals surface area contributed by atoms with Crippen molar-refractivity contribution in [1.29, 1.82) is 0 Å². The van der Waals surface area contributed by atoms with E-state index >= 15 is 0 Å². The van der Waals surface area contributed by atoms with Gasteiger partial charge in [-0.25, -0.2) is 0 Å². The normalized spacial score (nSPS) is 0.